The summed E-state index contributed by atoms with van der Waals surface area (Å²) in [5, 5.41) is 0. The smallest absolute Gasteiger partial charge is 0.0335 e. The molecule has 0 aromatic heterocycles. The van der Waals surface area contributed by atoms with Crippen LogP contribution in [0.2, 0.25) is 0 Å². The van der Waals surface area contributed by atoms with Crippen LogP contribution in [-0.2, 0) is 12.8 Å². The largest absolute Gasteiger partial charge is 0.324 e. The minimum atomic E-state index is 0. The number of halogens is 1. The van der Waals surface area contributed by atoms with Crippen LogP contribution in [0.3, 0.4) is 0 Å². The molecule has 116 valence electrons. The van der Waals surface area contributed by atoms with Crippen LogP contribution in [0.1, 0.15) is 28.3 Å². The number of fused-ring (bicyclic) bond motifs is 3. The van der Waals surface area contributed by atoms with Gasteiger partial charge in [-0.1, -0.05) is 72.8 Å². The second-order valence-electron chi connectivity index (χ2n) is 6.05. The van der Waals surface area contributed by atoms with Gasteiger partial charge >= 0.3 is 0 Å². The monoisotopic (exact) mass is 321 g/mol. The fourth-order valence-corrected chi connectivity index (χ4v) is 3.38. The Kier molecular flexibility index (Phi) is 4.51. The van der Waals surface area contributed by atoms with E-state index in [0.717, 1.165) is 12.8 Å². The van der Waals surface area contributed by atoms with Crippen molar-refractivity contribution in [2.45, 2.75) is 18.9 Å². The fourth-order valence-electron chi connectivity index (χ4n) is 3.38. The highest BCUT2D eigenvalue weighted by Gasteiger charge is 2.19. The molecule has 3 aromatic carbocycles. The first-order valence-electron chi connectivity index (χ1n) is 7.82. The highest BCUT2D eigenvalue weighted by Crippen LogP contribution is 2.37. The molecular weight excluding hydrogens is 302 g/mol. The molecule has 0 bridgehead atoms. The lowest BCUT2D eigenvalue weighted by Gasteiger charge is -2.14. The normalized spacial score (nSPS) is 12.9. The summed E-state index contributed by atoms with van der Waals surface area (Å²) in [6.07, 6.45) is 1.91. The molecule has 0 saturated heterocycles. The molecule has 1 unspecified atom stereocenters. The van der Waals surface area contributed by atoms with E-state index in [1.165, 1.54) is 33.4 Å². The molecule has 1 aliphatic carbocycles. The molecular formula is C21H20ClN. The van der Waals surface area contributed by atoms with Crippen LogP contribution in [0.15, 0.2) is 72.8 Å². The standard InChI is InChI=1S/C21H19N.ClH/c22-21(12-15-6-2-1-3-7-15)17-10-11-20-18(14-17)13-16-8-4-5-9-19(16)20;/h1-11,14,21H,12-13,22H2;1H. The van der Waals surface area contributed by atoms with E-state index in [0.29, 0.717) is 0 Å². The second-order valence-corrected chi connectivity index (χ2v) is 6.05. The molecule has 4 rings (SSSR count). The average Bonchev–Trinajstić information content (AvgIpc) is 2.93. The number of rotatable bonds is 3. The first-order chi connectivity index (χ1) is 10.8. The van der Waals surface area contributed by atoms with Crippen LogP contribution in [0.5, 0.6) is 0 Å². The first kappa shape index (κ1) is 15.8. The third-order valence-corrected chi connectivity index (χ3v) is 4.54. The van der Waals surface area contributed by atoms with Gasteiger partial charge in [-0.15, -0.1) is 12.4 Å². The quantitative estimate of drug-likeness (QED) is 0.569. The predicted octanol–water partition coefficient (Wildman–Crippen LogP) is 4.92. The molecule has 2 heteroatoms. The summed E-state index contributed by atoms with van der Waals surface area (Å²) in [5.74, 6) is 0. The lowest BCUT2D eigenvalue weighted by atomic mass is 9.96. The molecule has 0 fully saturated rings. The van der Waals surface area contributed by atoms with Crippen LogP contribution < -0.4 is 5.73 Å². The summed E-state index contributed by atoms with van der Waals surface area (Å²) in [5.41, 5.74) is 14.5. The maximum atomic E-state index is 6.43. The van der Waals surface area contributed by atoms with Crippen molar-refractivity contribution in [2.75, 3.05) is 0 Å². The topological polar surface area (TPSA) is 26.0 Å². The van der Waals surface area contributed by atoms with Crippen LogP contribution >= 0.6 is 12.4 Å². The van der Waals surface area contributed by atoms with E-state index in [1.54, 1.807) is 0 Å². The van der Waals surface area contributed by atoms with Gasteiger partial charge in [0.1, 0.15) is 0 Å². The Hall–Kier alpha value is -2.09. The second kappa shape index (κ2) is 6.57. The molecule has 1 atom stereocenters. The van der Waals surface area contributed by atoms with Gasteiger partial charge in [0.25, 0.3) is 0 Å². The van der Waals surface area contributed by atoms with Crippen molar-refractivity contribution in [3.05, 3.63) is 95.1 Å². The molecule has 0 amide bonds. The van der Waals surface area contributed by atoms with Gasteiger partial charge in [-0.3, -0.25) is 0 Å². The molecule has 0 spiro atoms. The Bertz CT molecular complexity index is 811. The summed E-state index contributed by atoms with van der Waals surface area (Å²) >= 11 is 0. The molecule has 0 radical (unpaired) electrons. The molecule has 0 heterocycles. The number of benzene rings is 3. The van der Waals surface area contributed by atoms with Crippen LogP contribution in [0, 0.1) is 0 Å². The zero-order valence-corrected chi connectivity index (χ0v) is 13.7. The van der Waals surface area contributed by atoms with Gasteiger partial charge in [-0.2, -0.15) is 0 Å². The van der Waals surface area contributed by atoms with Gasteiger partial charge in [0.15, 0.2) is 0 Å². The molecule has 0 aliphatic heterocycles. The zero-order valence-electron chi connectivity index (χ0n) is 12.9. The molecule has 1 nitrogen and oxygen atoms in total. The van der Waals surface area contributed by atoms with Gasteiger partial charge in [0, 0.05) is 6.04 Å². The van der Waals surface area contributed by atoms with E-state index in [4.69, 9.17) is 5.73 Å². The Balaban J connectivity index is 0.00000156. The average molecular weight is 322 g/mol. The van der Waals surface area contributed by atoms with E-state index >= 15 is 0 Å². The van der Waals surface area contributed by atoms with Gasteiger partial charge in [0.05, 0.1) is 0 Å². The lowest BCUT2D eigenvalue weighted by Crippen LogP contribution is -2.13. The predicted molar refractivity (Wildman–Crippen MR) is 99.0 cm³/mol. The van der Waals surface area contributed by atoms with Gasteiger partial charge in [-0.25, -0.2) is 0 Å². The molecule has 1 aliphatic rings. The van der Waals surface area contributed by atoms with Crippen LogP contribution in [0.25, 0.3) is 11.1 Å². The number of nitrogens with two attached hydrogens (primary N) is 1. The van der Waals surface area contributed by atoms with Gasteiger partial charge in [0.2, 0.25) is 0 Å². The molecule has 0 saturated carbocycles. The molecule has 3 aromatic rings. The minimum Gasteiger partial charge on any atom is -0.324 e. The number of hydrogen-bond acceptors (Lipinski definition) is 1. The van der Waals surface area contributed by atoms with Crippen LogP contribution in [0.4, 0.5) is 0 Å². The zero-order chi connectivity index (χ0) is 14.9. The molecule has 23 heavy (non-hydrogen) atoms. The summed E-state index contributed by atoms with van der Waals surface area (Å²) in [6, 6.07) is 25.9. The highest BCUT2D eigenvalue weighted by molar-refractivity contribution is 5.85. The van der Waals surface area contributed by atoms with E-state index in [2.05, 4.69) is 66.7 Å². The maximum Gasteiger partial charge on any atom is 0.0335 e. The minimum absolute atomic E-state index is 0. The number of hydrogen-bond donors (Lipinski definition) is 1. The Labute approximate surface area is 143 Å². The van der Waals surface area contributed by atoms with Gasteiger partial charge < -0.3 is 5.73 Å². The molecule has 2 N–H and O–H groups in total. The van der Waals surface area contributed by atoms with E-state index in [1.807, 2.05) is 6.07 Å². The van der Waals surface area contributed by atoms with Crippen LogP contribution in [-0.4, -0.2) is 0 Å². The summed E-state index contributed by atoms with van der Waals surface area (Å²) in [7, 11) is 0. The van der Waals surface area contributed by atoms with Gasteiger partial charge in [-0.05, 0) is 46.2 Å². The fraction of sp³-hybridized carbons (Fsp3) is 0.143. The van der Waals surface area contributed by atoms with Crippen molar-refractivity contribution in [1.82, 2.24) is 0 Å². The summed E-state index contributed by atoms with van der Waals surface area (Å²) in [4.78, 5) is 0. The van der Waals surface area contributed by atoms with Crippen molar-refractivity contribution < 1.29 is 0 Å². The summed E-state index contributed by atoms with van der Waals surface area (Å²) in [6.45, 7) is 0. The summed E-state index contributed by atoms with van der Waals surface area (Å²) < 4.78 is 0. The first-order valence-corrected chi connectivity index (χ1v) is 7.82. The van der Waals surface area contributed by atoms with Crippen molar-refractivity contribution in [3.8, 4) is 11.1 Å². The van der Waals surface area contributed by atoms with E-state index in [9.17, 15) is 0 Å². The van der Waals surface area contributed by atoms with Crippen molar-refractivity contribution >= 4 is 12.4 Å². The van der Waals surface area contributed by atoms with E-state index < -0.39 is 0 Å². The third kappa shape index (κ3) is 3.03. The lowest BCUT2D eigenvalue weighted by molar-refractivity contribution is 0.721. The Morgan fingerprint density at radius 3 is 2.30 bits per heavy atom. The third-order valence-electron chi connectivity index (χ3n) is 4.54. The highest BCUT2D eigenvalue weighted by atomic mass is 35.5. The SMILES string of the molecule is Cl.NC(Cc1ccccc1)c1ccc2c(c1)Cc1ccccc1-2. The Morgan fingerprint density at radius 1 is 0.783 bits per heavy atom. The van der Waals surface area contributed by atoms with Crippen molar-refractivity contribution in [1.29, 1.82) is 0 Å². The van der Waals surface area contributed by atoms with Crippen molar-refractivity contribution in [3.63, 3.8) is 0 Å². The maximum absolute atomic E-state index is 6.43. The van der Waals surface area contributed by atoms with Crippen molar-refractivity contribution in [2.24, 2.45) is 5.73 Å². The Morgan fingerprint density at radius 2 is 1.48 bits per heavy atom. The van der Waals surface area contributed by atoms with E-state index in [-0.39, 0.29) is 18.4 Å².